The highest BCUT2D eigenvalue weighted by Crippen LogP contribution is 2.26. The first-order valence-corrected chi connectivity index (χ1v) is 5.50. The summed E-state index contributed by atoms with van der Waals surface area (Å²) in [6, 6.07) is 6.88. The van der Waals surface area contributed by atoms with Gasteiger partial charge in [0.15, 0.2) is 4.98 Å². The summed E-state index contributed by atoms with van der Waals surface area (Å²) in [6.45, 7) is 2.55. The van der Waals surface area contributed by atoms with E-state index in [2.05, 4.69) is 4.98 Å². The van der Waals surface area contributed by atoms with Gasteiger partial charge in [-0.05, 0) is 19.4 Å². The van der Waals surface area contributed by atoms with Crippen molar-refractivity contribution in [2.75, 3.05) is 13.2 Å². The normalized spacial score (nSPS) is 9.41. The van der Waals surface area contributed by atoms with Crippen molar-refractivity contribution in [3.8, 4) is 5.75 Å². The van der Waals surface area contributed by atoms with E-state index in [1.807, 2.05) is 0 Å². The topological polar surface area (TPSA) is 63.7 Å². The summed E-state index contributed by atoms with van der Waals surface area (Å²) in [6.07, 6.45) is 0.894. The number of esters is 1. The number of carbonyl (C=O) groups excluding carboxylic acids is 1. The minimum atomic E-state index is -0.226. The predicted molar refractivity (Wildman–Crippen MR) is 62.5 cm³/mol. The second-order valence-corrected chi connectivity index (χ2v) is 3.32. The predicted octanol–water partition coefficient (Wildman–Crippen LogP) is 2.89. The Labute approximate surface area is 100.0 Å². The minimum Gasteiger partial charge on any atom is -0.486 e. The van der Waals surface area contributed by atoms with Gasteiger partial charge < -0.3 is 9.47 Å². The quantitative estimate of drug-likeness (QED) is 0.432. The van der Waals surface area contributed by atoms with Crippen LogP contribution < -0.4 is 4.74 Å². The molecule has 5 heteroatoms. The van der Waals surface area contributed by atoms with E-state index in [0.29, 0.717) is 37.5 Å². The fraction of sp³-hybridized carbons (Fsp3) is 0.417. The molecule has 5 nitrogen and oxygen atoms in total. The number of hydrogen-bond donors (Lipinski definition) is 0. The van der Waals surface area contributed by atoms with Crippen molar-refractivity contribution in [1.29, 1.82) is 5.39 Å². The summed E-state index contributed by atoms with van der Waals surface area (Å²) in [7, 11) is 0. The van der Waals surface area contributed by atoms with Gasteiger partial charge in [0.25, 0.3) is 0 Å². The fourth-order valence-corrected chi connectivity index (χ4v) is 1.29. The van der Waals surface area contributed by atoms with Gasteiger partial charge in [-0.1, -0.05) is 12.1 Å². The van der Waals surface area contributed by atoms with E-state index in [9.17, 15) is 4.79 Å². The van der Waals surface area contributed by atoms with Crippen LogP contribution in [0.15, 0.2) is 24.3 Å². The van der Waals surface area contributed by atoms with Crippen LogP contribution in [-0.2, 0) is 9.53 Å². The van der Waals surface area contributed by atoms with Gasteiger partial charge in [0.2, 0.25) is 11.1 Å². The van der Waals surface area contributed by atoms with Crippen molar-refractivity contribution < 1.29 is 14.3 Å². The van der Waals surface area contributed by atoms with E-state index in [0.717, 1.165) is 0 Å². The highest BCUT2D eigenvalue weighted by atomic mass is 16.5. The van der Waals surface area contributed by atoms with Gasteiger partial charge in [0, 0.05) is 12.5 Å². The van der Waals surface area contributed by atoms with E-state index in [1.54, 1.807) is 31.2 Å². The molecule has 0 spiro atoms. The lowest BCUT2D eigenvalue weighted by Gasteiger charge is -2.03. The Balaban J connectivity index is 2.32. The third-order valence-electron chi connectivity index (χ3n) is 2.06. The molecule has 0 amide bonds. The molecule has 0 heterocycles. The van der Waals surface area contributed by atoms with Gasteiger partial charge in [-0.3, -0.25) is 4.79 Å². The van der Waals surface area contributed by atoms with Gasteiger partial charge >= 0.3 is 11.7 Å². The van der Waals surface area contributed by atoms with Gasteiger partial charge in [0.1, 0.15) is 0 Å². The Morgan fingerprint density at radius 3 is 2.88 bits per heavy atom. The summed E-state index contributed by atoms with van der Waals surface area (Å²) in [5.41, 5.74) is 0.378. The second-order valence-electron chi connectivity index (χ2n) is 3.32. The zero-order valence-electron chi connectivity index (χ0n) is 9.76. The second kappa shape index (κ2) is 7.23. The number of hydrogen-bond acceptors (Lipinski definition) is 4. The van der Waals surface area contributed by atoms with E-state index < -0.39 is 0 Å². The van der Waals surface area contributed by atoms with Crippen LogP contribution in [0, 0.1) is 5.39 Å². The third kappa shape index (κ3) is 4.51. The fourth-order valence-electron chi connectivity index (χ4n) is 1.29. The van der Waals surface area contributed by atoms with E-state index >= 15 is 0 Å². The van der Waals surface area contributed by atoms with Crippen molar-refractivity contribution >= 4 is 11.7 Å². The number of ether oxygens (including phenoxy) is 2. The lowest BCUT2D eigenvalue weighted by molar-refractivity contribution is -0.143. The van der Waals surface area contributed by atoms with Crippen LogP contribution in [0.5, 0.6) is 5.75 Å². The molecule has 0 saturated carbocycles. The van der Waals surface area contributed by atoms with Crippen LogP contribution in [0.1, 0.15) is 19.8 Å². The minimum absolute atomic E-state index is 0.226. The number of para-hydroxylation sites is 1. The molecule has 0 saturated heterocycles. The van der Waals surface area contributed by atoms with Crippen molar-refractivity contribution in [3.05, 3.63) is 29.2 Å². The summed E-state index contributed by atoms with van der Waals surface area (Å²) in [5, 5.41) is 8.70. The maximum Gasteiger partial charge on any atom is 0.426 e. The Morgan fingerprint density at radius 1 is 1.41 bits per heavy atom. The zero-order valence-corrected chi connectivity index (χ0v) is 9.76. The molecule has 0 unspecified atom stereocenters. The Bertz CT molecular complexity index is 412. The van der Waals surface area contributed by atoms with Crippen LogP contribution in [-0.4, -0.2) is 19.2 Å². The maximum absolute atomic E-state index is 11.0. The molecule has 0 bridgehead atoms. The smallest absolute Gasteiger partial charge is 0.426 e. The number of carbonyl (C=O) groups is 1. The van der Waals surface area contributed by atoms with Crippen LogP contribution in [0.2, 0.25) is 0 Å². The van der Waals surface area contributed by atoms with Crippen LogP contribution in [0.4, 0.5) is 5.69 Å². The van der Waals surface area contributed by atoms with E-state index in [1.165, 1.54) is 0 Å². The molecule has 1 aromatic rings. The first-order chi connectivity index (χ1) is 8.27. The Morgan fingerprint density at radius 2 is 2.18 bits per heavy atom. The Hall–Kier alpha value is -2.09. The number of diazo groups is 1. The Kier molecular flexibility index (Phi) is 5.52. The summed E-state index contributed by atoms with van der Waals surface area (Å²) < 4.78 is 10.2. The highest BCUT2D eigenvalue weighted by molar-refractivity contribution is 5.69. The van der Waals surface area contributed by atoms with Crippen molar-refractivity contribution in [1.82, 2.24) is 0 Å². The first-order valence-electron chi connectivity index (χ1n) is 5.50. The molecule has 17 heavy (non-hydrogen) atoms. The molecule has 1 rings (SSSR count). The van der Waals surface area contributed by atoms with Gasteiger partial charge in [-0.2, -0.15) is 0 Å². The number of nitrogens with zero attached hydrogens (tertiary/aromatic N) is 2. The van der Waals surface area contributed by atoms with Crippen LogP contribution in [0.25, 0.3) is 4.98 Å². The SMILES string of the molecule is CCOC(=O)CCCOc1ccccc1[N+]#N. The molecule has 0 aliphatic heterocycles. The molecule has 0 atom stereocenters. The molecule has 1 aromatic carbocycles. The zero-order chi connectivity index (χ0) is 12.5. The van der Waals surface area contributed by atoms with Crippen LogP contribution in [0.3, 0.4) is 0 Å². The van der Waals surface area contributed by atoms with Gasteiger partial charge in [0.05, 0.1) is 13.2 Å². The lowest BCUT2D eigenvalue weighted by atomic mass is 10.3. The molecular weight excluding hydrogens is 220 g/mol. The standard InChI is InChI=1S/C12H15N2O3/c1-2-16-12(15)8-5-9-17-11-7-4-3-6-10(11)14-13/h3-4,6-7H,2,5,8-9H2,1H3/q+1. The van der Waals surface area contributed by atoms with Crippen molar-refractivity contribution in [2.45, 2.75) is 19.8 Å². The summed E-state index contributed by atoms with van der Waals surface area (Å²) in [4.78, 5) is 14.1. The van der Waals surface area contributed by atoms with Crippen LogP contribution >= 0.6 is 0 Å². The first kappa shape index (κ1) is 13.0. The number of benzene rings is 1. The molecule has 0 aliphatic rings. The average molecular weight is 235 g/mol. The average Bonchev–Trinajstić information content (AvgIpc) is 2.35. The molecule has 0 N–H and O–H groups in total. The monoisotopic (exact) mass is 235 g/mol. The van der Waals surface area contributed by atoms with E-state index in [-0.39, 0.29) is 5.97 Å². The molecule has 0 aromatic heterocycles. The molecular formula is C12H15N2O3+. The van der Waals surface area contributed by atoms with Gasteiger partial charge in [-0.25, -0.2) is 0 Å². The van der Waals surface area contributed by atoms with E-state index in [4.69, 9.17) is 14.9 Å². The van der Waals surface area contributed by atoms with Crippen molar-refractivity contribution in [2.24, 2.45) is 0 Å². The number of rotatable bonds is 6. The maximum atomic E-state index is 11.0. The third-order valence-corrected chi connectivity index (χ3v) is 2.06. The molecule has 0 radical (unpaired) electrons. The largest absolute Gasteiger partial charge is 0.486 e. The van der Waals surface area contributed by atoms with Crippen molar-refractivity contribution in [3.63, 3.8) is 0 Å². The van der Waals surface area contributed by atoms with Gasteiger partial charge in [-0.15, -0.1) is 0 Å². The molecule has 0 fully saturated rings. The molecule has 90 valence electrons. The summed E-state index contributed by atoms with van der Waals surface area (Å²) >= 11 is 0. The lowest BCUT2D eigenvalue weighted by Crippen LogP contribution is -2.06. The summed E-state index contributed by atoms with van der Waals surface area (Å²) in [5.74, 6) is 0.273. The highest BCUT2D eigenvalue weighted by Gasteiger charge is 2.13. The molecule has 0 aliphatic carbocycles.